The molecule has 0 heterocycles. The Morgan fingerprint density at radius 2 is 1.44 bits per heavy atom. The van der Waals surface area contributed by atoms with E-state index in [0.29, 0.717) is 12.1 Å². The maximum Gasteiger partial charge on any atom is 0.416 e. The number of benzene rings is 2. The normalized spacial score (nSPS) is 13.0. The molecule has 2 aromatic carbocycles. The number of hydrogen-bond acceptors (Lipinski definition) is 5. The number of hydrogen-bond donors (Lipinski definition) is 2. The monoisotopic (exact) mass is 424 g/mol. The maximum absolute atomic E-state index is 12.6. The first kappa shape index (κ1) is 21.0. The Morgan fingerprint density at radius 3 is 1.93 bits per heavy atom. The fraction of sp³-hybridized carbons (Fsp3) is 0.200. The largest absolute Gasteiger partial charge is 0.506 e. The molecule has 148 valence electrons. The molecule has 12 heteroatoms. The van der Waals surface area contributed by atoms with Crippen LogP contribution in [-0.4, -0.2) is 40.3 Å². The van der Waals surface area contributed by atoms with Gasteiger partial charge < -0.3 is 5.11 Å². The molecule has 0 aliphatic carbocycles. The highest BCUT2D eigenvalue weighted by molar-refractivity contribution is 7.92. The lowest BCUT2D eigenvalue weighted by atomic mass is 10.2. The average Bonchev–Trinajstić information content (AvgIpc) is 2.55. The summed E-state index contributed by atoms with van der Waals surface area (Å²) in [5.41, 5.74) is -1.46. The highest BCUT2D eigenvalue weighted by Crippen LogP contribution is 2.32. The van der Waals surface area contributed by atoms with Gasteiger partial charge in [-0.2, -0.15) is 13.2 Å². The fourth-order valence-electron chi connectivity index (χ4n) is 1.99. The Hall–Kier alpha value is -2.31. The minimum atomic E-state index is -4.62. The van der Waals surface area contributed by atoms with Crippen molar-refractivity contribution < 1.29 is 35.1 Å². The number of alkyl halides is 3. The van der Waals surface area contributed by atoms with Gasteiger partial charge in [-0.05, 0) is 42.5 Å². The lowest BCUT2D eigenvalue weighted by Crippen LogP contribution is -2.22. The van der Waals surface area contributed by atoms with Crippen LogP contribution >= 0.6 is 0 Å². The molecule has 0 spiro atoms. The number of nitrogens with zero attached hydrogens (tertiary/aromatic N) is 1. The number of rotatable bonds is 5. The smallest absolute Gasteiger partial charge is 0.416 e. The van der Waals surface area contributed by atoms with Crippen LogP contribution in [0.5, 0.6) is 5.75 Å². The third-order valence-corrected chi connectivity index (χ3v) is 6.68. The lowest BCUT2D eigenvalue weighted by molar-refractivity contribution is -0.137. The van der Waals surface area contributed by atoms with Gasteiger partial charge >= 0.3 is 6.18 Å². The molecule has 0 bridgehead atoms. The summed E-state index contributed by atoms with van der Waals surface area (Å²) in [6, 6.07) is 5.68. The van der Waals surface area contributed by atoms with Crippen LogP contribution in [0.1, 0.15) is 5.56 Å². The molecule has 2 N–H and O–H groups in total. The van der Waals surface area contributed by atoms with Crippen molar-refractivity contribution in [1.82, 2.24) is 4.31 Å². The molecule has 0 fully saturated rings. The number of phenolic OH excluding ortho intramolecular Hbond substituents is 1. The second-order valence-corrected chi connectivity index (χ2v) is 9.43. The van der Waals surface area contributed by atoms with Crippen molar-refractivity contribution in [3.05, 3.63) is 48.0 Å². The van der Waals surface area contributed by atoms with Gasteiger partial charge in [-0.1, -0.05) is 0 Å². The summed E-state index contributed by atoms with van der Waals surface area (Å²) in [4.78, 5) is -0.772. The highest BCUT2D eigenvalue weighted by atomic mass is 32.2. The summed E-state index contributed by atoms with van der Waals surface area (Å²) in [6.45, 7) is 0. The van der Waals surface area contributed by atoms with E-state index in [2.05, 4.69) is 0 Å². The molecule has 0 aliphatic rings. The van der Waals surface area contributed by atoms with E-state index in [1.807, 2.05) is 4.72 Å². The van der Waals surface area contributed by atoms with Crippen molar-refractivity contribution in [3.63, 3.8) is 0 Å². The second kappa shape index (κ2) is 7.02. The van der Waals surface area contributed by atoms with Crippen LogP contribution in [-0.2, 0) is 26.2 Å². The fourth-order valence-corrected chi connectivity index (χ4v) is 3.99. The maximum atomic E-state index is 12.6. The molecule has 0 saturated heterocycles. The molecule has 0 aromatic heterocycles. The molecule has 7 nitrogen and oxygen atoms in total. The molecular weight excluding hydrogens is 409 g/mol. The van der Waals surface area contributed by atoms with Crippen LogP contribution in [0.15, 0.2) is 52.3 Å². The van der Waals surface area contributed by atoms with Gasteiger partial charge in [0.05, 0.1) is 21.0 Å². The quantitative estimate of drug-likeness (QED) is 0.718. The van der Waals surface area contributed by atoms with Gasteiger partial charge in [0, 0.05) is 14.1 Å². The van der Waals surface area contributed by atoms with Crippen molar-refractivity contribution >= 4 is 25.7 Å². The zero-order valence-corrected chi connectivity index (χ0v) is 15.7. The van der Waals surface area contributed by atoms with Crippen LogP contribution < -0.4 is 4.72 Å². The summed E-state index contributed by atoms with van der Waals surface area (Å²) < 4.78 is 89.5. The molecule has 2 aromatic rings. The summed E-state index contributed by atoms with van der Waals surface area (Å²) >= 11 is 0. The van der Waals surface area contributed by atoms with Gasteiger partial charge in [0.25, 0.3) is 10.0 Å². The Morgan fingerprint density at radius 1 is 0.926 bits per heavy atom. The Kier molecular flexibility index (Phi) is 5.46. The van der Waals surface area contributed by atoms with E-state index in [-0.39, 0.29) is 4.90 Å². The number of phenols is 1. The average molecular weight is 424 g/mol. The van der Waals surface area contributed by atoms with Crippen molar-refractivity contribution in [2.24, 2.45) is 0 Å². The standard InChI is InChI=1S/C15H15F3N2O5S2/c1-20(2)27(24,25)12-7-8-14(21)13(9-12)19-26(22,23)11-5-3-10(4-6-11)15(16,17)18/h3-9,19,21H,1-2H3. The van der Waals surface area contributed by atoms with Crippen molar-refractivity contribution in [3.8, 4) is 5.75 Å². The second-order valence-electron chi connectivity index (χ2n) is 5.59. The molecule has 0 aliphatic heterocycles. The van der Waals surface area contributed by atoms with E-state index in [4.69, 9.17) is 0 Å². The van der Waals surface area contributed by atoms with Gasteiger partial charge in [0.1, 0.15) is 5.75 Å². The van der Waals surface area contributed by atoms with E-state index in [9.17, 15) is 35.1 Å². The van der Waals surface area contributed by atoms with Gasteiger partial charge in [0.2, 0.25) is 10.0 Å². The molecule has 27 heavy (non-hydrogen) atoms. The number of sulfonamides is 2. The summed E-state index contributed by atoms with van der Waals surface area (Å²) in [5, 5.41) is 9.82. The van der Waals surface area contributed by atoms with Crippen LogP contribution in [0, 0.1) is 0 Å². The first-order chi connectivity index (χ1) is 12.2. The molecule has 0 amide bonds. The molecule has 2 rings (SSSR count). The zero-order valence-electron chi connectivity index (χ0n) is 14.0. The van der Waals surface area contributed by atoms with Crippen LogP contribution in [0.25, 0.3) is 0 Å². The van der Waals surface area contributed by atoms with E-state index < -0.39 is 48.1 Å². The first-order valence-corrected chi connectivity index (χ1v) is 10.1. The van der Waals surface area contributed by atoms with Gasteiger partial charge in [-0.25, -0.2) is 21.1 Å². The van der Waals surface area contributed by atoms with Crippen molar-refractivity contribution in [1.29, 1.82) is 0 Å². The number of anilines is 1. The molecule has 0 saturated carbocycles. The van der Waals surface area contributed by atoms with Gasteiger partial charge in [-0.15, -0.1) is 0 Å². The summed E-state index contributed by atoms with van der Waals surface area (Å²) in [7, 11) is -5.72. The van der Waals surface area contributed by atoms with Crippen LogP contribution in [0.3, 0.4) is 0 Å². The number of aromatic hydroxyl groups is 1. The van der Waals surface area contributed by atoms with E-state index in [1.54, 1.807) is 0 Å². The number of nitrogens with one attached hydrogen (secondary N) is 1. The molecule has 0 atom stereocenters. The lowest BCUT2D eigenvalue weighted by Gasteiger charge is -2.14. The SMILES string of the molecule is CN(C)S(=O)(=O)c1ccc(O)c(NS(=O)(=O)c2ccc(C(F)(F)F)cc2)c1. The Labute approximate surface area is 154 Å². The first-order valence-electron chi connectivity index (χ1n) is 7.21. The van der Waals surface area contributed by atoms with E-state index in [1.165, 1.54) is 14.1 Å². The van der Waals surface area contributed by atoms with E-state index >= 15 is 0 Å². The zero-order chi connectivity index (χ0) is 20.6. The van der Waals surface area contributed by atoms with Gasteiger partial charge in [-0.3, -0.25) is 4.72 Å². The van der Waals surface area contributed by atoms with Crippen LogP contribution in [0.2, 0.25) is 0 Å². The molecule has 0 radical (unpaired) electrons. The highest BCUT2D eigenvalue weighted by Gasteiger charge is 2.30. The Bertz CT molecular complexity index is 1050. The molecule has 0 unspecified atom stereocenters. The van der Waals surface area contributed by atoms with Gasteiger partial charge in [0.15, 0.2) is 0 Å². The third-order valence-electron chi connectivity index (χ3n) is 3.48. The topological polar surface area (TPSA) is 104 Å². The molecular formula is C15H15F3N2O5S2. The minimum Gasteiger partial charge on any atom is -0.506 e. The van der Waals surface area contributed by atoms with Crippen LogP contribution in [0.4, 0.5) is 18.9 Å². The minimum absolute atomic E-state index is 0.282. The van der Waals surface area contributed by atoms with Crippen molar-refractivity contribution in [2.75, 3.05) is 18.8 Å². The van der Waals surface area contributed by atoms with E-state index in [0.717, 1.165) is 34.6 Å². The number of halogens is 3. The van der Waals surface area contributed by atoms with Crippen molar-refractivity contribution in [2.45, 2.75) is 16.0 Å². The Balaban J connectivity index is 2.41. The predicted molar refractivity (Wildman–Crippen MR) is 91.2 cm³/mol. The third kappa shape index (κ3) is 4.51. The summed E-state index contributed by atoms with van der Waals surface area (Å²) in [6.07, 6.45) is -4.62. The summed E-state index contributed by atoms with van der Waals surface area (Å²) in [5.74, 6) is -0.553. The predicted octanol–water partition coefficient (Wildman–Crippen LogP) is 2.46.